The maximum atomic E-state index is 10.7. The van der Waals surface area contributed by atoms with Crippen molar-refractivity contribution in [3.63, 3.8) is 0 Å². The van der Waals surface area contributed by atoms with Crippen molar-refractivity contribution in [1.82, 2.24) is 4.98 Å². The van der Waals surface area contributed by atoms with Crippen molar-refractivity contribution in [2.24, 2.45) is 5.41 Å². The van der Waals surface area contributed by atoms with Crippen LogP contribution < -0.4 is 0 Å². The minimum atomic E-state index is -0.813. The zero-order chi connectivity index (χ0) is 13.9. The first-order valence-electron chi connectivity index (χ1n) is 6.32. The van der Waals surface area contributed by atoms with E-state index in [0.29, 0.717) is 12.8 Å². The number of para-hydroxylation sites is 1. The lowest BCUT2D eigenvalue weighted by atomic mass is 9.80. The predicted octanol–water partition coefficient (Wildman–Crippen LogP) is 3.23. The van der Waals surface area contributed by atoms with Gasteiger partial charge in [-0.15, -0.1) is 0 Å². The van der Waals surface area contributed by atoms with Crippen LogP contribution in [0.2, 0.25) is 0 Å². The summed E-state index contributed by atoms with van der Waals surface area (Å²) >= 11 is 0. The highest BCUT2D eigenvalue weighted by Gasteiger charge is 2.24. The molecule has 19 heavy (non-hydrogen) atoms. The van der Waals surface area contributed by atoms with Gasteiger partial charge >= 0.3 is 5.97 Å². The second kappa shape index (κ2) is 5.26. The Morgan fingerprint density at radius 3 is 2.89 bits per heavy atom. The van der Waals surface area contributed by atoms with Crippen molar-refractivity contribution in [3.05, 3.63) is 36.0 Å². The van der Waals surface area contributed by atoms with Crippen molar-refractivity contribution in [2.45, 2.75) is 26.2 Å². The van der Waals surface area contributed by atoms with Gasteiger partial charge in [0.15, 0.2) is 0 Å². The Kier molecular flexibility index (Phi) is 3.69. The van der Waals surface area contributed by atoms with Gasteiger partial charge in [-0.3, -0.25) is 4.79 Å². The Morgan fingerprint density at radius 1 is 1.47 bits per heavy atom. The molecule has 1 aromatic heterocycles. The van der Waals surface area contributed by atoms with E-state index in [1.165, 1.54) is 6.21 Å². The minimum Gasteiger partial charge on any atom is -0.481 e. The molecule has 2 rings (SSSR count). The van der Waals surface area contributed by atoms with Gasteiger partial charge in [0, 0.05) is 35.2 Å². The zero-order valence-corrected chi connectivity index (χ0v) is 10.9. The summed E-state index contributed by atoms with van der Waals surface area (Å²) in [5.74, 6) is -0.813. The number of benzene rings is 1. The second-order valence-electron chi connectivity index (χ2n) is 5.23. The van der Waals surface area contributed by atoms with E-state index >= 15 is 0 Å². The molecule has 0 saturated heterocycles. The molecular formula is C15H18N2O2. The number of H-pyrrole nitrogens is 1. The van der Waals surface area contributed by atoms with Crippen LogP contribution in [-0.2, 0) is 11.2 Å². The van der Waals surface area contributed by atoms with E-state index in [1.54, 1.807) is 0 Å². The summed E-state index contributed by atoms with van der Waals surface area (Å²) in [6.45, 7) is 1.94. The Hall–Kier alpha value is -2.10. The number of nitrogens with one attached hydrogen (secondary N) is 2. The molecule has 1 heterocycles. The number of carboxylic acids is 1. The third-order valence-corrected chi connectivity index (χ3v) is 3.53. The summed E-state index contributed by atoms with van der Waals surface area (Å²) in [7, 11) is 0. The van der Waals surface area contributed by atoms with Gasteiger partial charge in [-0.25, -0.2) is 0 Å². The van der Waals surface area contributed by atoms with Gasteiger partial charge in [-0.1, -0.05) is 25.1 Å². The summed E-state index contributed by atoms with van der Waals surface area (Å²) in [5, 5.41) is 17.5. The predicted molar refractivity (Wildman–Crippen MR) is 75.8 cm³/mol. The number of rotatable bonds is 6. The number of hydrogen-bond donors (Lipinski definition) is 3. The number of hydrogen-bond acceptors (Lipinski definition) is 2. The van der Waals surface area contributed by atoms with E-state index in [2.05, 4.69) is 4.98 Å². The third kappa shape index (κ3) is 3.02. The molecule has 1 atom stereocenters. The average molecular weight is 258 g/mol. The van der Waals surface area contributed by atoms with Gasteiger partial charge in [0.1, 0.15) is 0 Å². The fourth-order valence-electron chi connectivity index (χ4n) is 2.32. The molecule has 1 aromatic carbocycles. The van der Waals surface area contributed by atoms with E-state index in [0.717, 1.165) is 16.5 Å². The SMILES string of the molecule is CC(C=N)(CCC(=O)O)Cc1c[nH]c2ccccc12. The first-order chi connectivity index (χ1) is 9.04. The quantitative estimate of drug-likeness (QED) is 0.696. The van der Waals surface area contributed by atoms with Crippen LogP contribution in [0, 0.1) is 10.8 Å². The Labute approximate surface area is 112 Å². The maximum Gasteiger partial charge on any atom is 0.303 e. The Morgan fingerprint density at radius 2 is 2.21 bits per heavy atom. The number of aromatic nitrogens is 1. The highest BCUT2D eigenvalue weighted by Crippen LogP contribution is 2.29. The molecule has 4 nitrogen and oxygen atoms in total. The smallest absolute Gasteiger partial charge is 0.303 e. The van der Waals surface area contributed by atoms with Crippen LogP contribution in [0.15, 0.2) is 30.5 Å². The Balaban J connectivity index is 2.22. The van der Waals surface area contributed by atoms with E-state index in [4.69, 9.17) is 10.5 Å². The summed E-state index contributed by atoms with van der Waals surface area (Å²) in [5.41, 5.74) is 1.79. The number of carboxylic acid groups (broad SMARTS) is 1. The number of carbonyl (C=O) groups is 1. The van der Waals surface area contributed by atoms with E-state index in [9.17, 15) is 4.79 Å². The van der Waals surface area contributed by atoms with Crippen molar-refractivity contribution in [3.8, 4) is 0 Å². The maximum absolute atomic E-state index is 10.7. The number of aliphatic carboxylic acids is 1. The largest absolute Gasteiger partial charge is 0.481 e. The molecule has 0 aliphatic heterocycles. The lowest BCUT2D eigenvalue weighted by Gasteiger charge is -2.23. The van der Waals surface area contributed by atoms with E-state index < -0.39 is 11.4 Å². The van der Waals surface area contributed by atoms with Gasteiger partial charge in [-0.2, -0.15) is 0 Å². The van der Waals surface area contributed by atoms with Crippen molar-refractivity contribution in [1.29, 1.82) is 5.41 Å². The molecule has 0 amide bonds. The molecular weight excluding hydrogens is 240 g/mol. The molecule has 3 N–H and O–H groups in total. The van der Waals surface area contributed by atoms with Gasteiger partial charge in [-0.05, 0) is 24.5 Å². The second-order valence-corrected chi connectivity index (χ2v) is 5.23. The van der Waals surface area contributed by atoms with Crippen LogP contribution >= 0.6 is 0 Å². The van der Waals surface area contributed by atoms with Gasteiger partial charge in [0.2, 0.25) is 0 Å². The van der Waals surface area contributed by atoms with Crippen LogP contribution in [0.5, 0.6) is 0 Å². The fraction of sp³-hybridized carbons (Fsp3) is 0.333. The van der Waals surface area contributed by atoms with Crippen molar-refractivity contribution in [2.75, 3.05) is 0 Å². The lowest BCUT2D eigenvalue weighted by molar-refractivity contribution is -0.137. The monoisotopic (exact) mass is 258 g/mol. The van der Waals surface area contributed by atoms with Crippen LogP contribution in [-0.4, -0.2) is 22.3 Å². The minimum absolute atomic E-state index is 0.0915. The number of aromatic amines is 1. The fourth-order valence-corrected chi connectivity index (χ4v) is 2.32. The molecule has 0 fully saturated rings. The summed E-state index contributed by atoms with van der Waals surface area (Å²) in [6.07, 6.45) is 4.57. The zero-order valence-electron chi connectivity index (χ0n) is 10.9. The average Bonchev–Trinajstić information content (AvgIpc) is 2.80. The summed E-state index contributed by atoms with van der Waals surface area (Å²) in [4.78, 5) is 13.9. The lowest BCUT2D eigenvalue weighted by Crippen LogP contribution is -2.22. The highest BCUT2D eigenvalue weighted by molar-refractivity contribution is 5.83. The Bertz CT molecular complexity index is 603. The summed E-state index contributed by atoms with van der Waals surface area (Å²) in [6, 6.07) is 8.02. The first kappa shape index (κ1) is 13.3. The molecule has 0 radical (unpaired) electrons. The molecule has 2 aromatic rings. The van der Waals surface area contributed by atoms with Gasteiger partial charge in [0.25, 0.3) is 0 Å². The highest BCUT2D eigenvalue weighted by atomic mass is 16.4. The number of fused-ring (bicyclic) bond motifs is 1. The third-order valence-electron chi connectivity index (χ3n) is 3.53. The van der Waals surface area contributed by atoms with Crippen LogP contribution in [0.1, 0.15) is 25.3 Å². The topological polar surface area (TPSA) is 76.9 Å². The van der Waals surface area contributed by atoms with E-state index in [-0.39, 0.29) is 6.42 Å². The van der Waals surface area contributed by atoms with Gasteiger partial charge < -0.3 is 15.5 Å². The van der Waals surface area contributed by atoms with E-state index in [1.807, 2.05) is 37.4 Å². The van der Waals surface area contributed by atoms with Crippen molar-refractivity contribution < 1.29 is 9.90 Å². The molecule has 0 aliphatic carbocycles. The molecule has 0 bridgehead atoms. The standard InChI is InChI=1S/C15H18N2O2/c1-15(10-16,7-6-14(18)19)8-11-9-17-13-5-3-2-4-12(11)13/h2-5,9-10,16-17H,6-8H2,1H3,(H,18,19). The molecule has 4 heteroatoms. The van der Waals surface area contributed by atoms with Crippen molar-refractivity contribution >= 4 is 23.1 Å². The van der Waals surface area contributed by atoms with Crippen LogP contribution in [0.3, 0.4) is 0 Å². The molecule has 100 valence electrons. The normalized spacial score (nSPS) is 14.2. The molecule has 0 spiro atoms. The van der Waals surface area contributed by atoms with Crippen LogP contribution in [0.25, 0.3) is 10.9 Å². The molecule has 0 saturated carbocycles. The van der Waals surface area contributed by atoms with Crippen LogP contribution in [0.4, 0.5) is 0 Å². The molecule has 0 aliphatic rings. The van der Waals surface area contributed by atoms with Gasteiger partial charge in [0.05, 0.1) is 0 Å². The molecule has 1 unspecified atom stereocenters. The first-order valence-corrected chi connectivity index (χ1v) is 6.32. The summed E-state index contributed by atoms with van der Waals surface area (Å²) < 4.78 is 0.